The smallest absolute Gasteiger partial charge is 0.264 e. The Morgan fingerprint density at radius 1 is 1.03 bits per heavy atom. The van der Waals surface area contributed by atoms with Crippen LogP contribution in [0.5, 0.6) is 5.75 Å². The summed E-state index contributed by atoms with van der Waals surface area (Å²) < 4.78 is 47.2. The summed E-state index contributed by atoms with van der Waals surface area (Å²) in [6, 6.07) is 17.3. The zero-order chi connectivity index (χ0) is 27.9. The first-order chi connectivity index (χ1) is 18.1. The fourth-order valence-electron chi connectivity index (χ4n) is 4.10. The van der Waals surface area contributed by atoms with Crippen LogP contribution in [0.15, 0.2) is 77.7 Å². The van der Waals surface area contributed by atoms with Crippen molar-refractivity contribution < 1.29 is 27.1 Å². The number of hydrogen-bond acceptors (Lipinski definition) is 5. The lowest BCUT2D eigenvalue weighted by atomic mass is 10.1. The number of ether oxygens (including phenoxy) is 1. The molecule has 8 nitrogen and oxygen atoms in total. The van der Waals surface area contributed by atoms with E-state index in [1.54, 1.807) is 6.92 Å². The summed E-state index contributed by atoms with van der Waals surface area (Å²) in [6.07, 6.45) is 0.318. The lowest BCUT2D eigenvalue weighted by Crippen LogP contribution is -2.51. The average molecular weight is 542 g/mol. The van der Waals surface area contributed by atoms with Crippen LogP contribution in [0.1, 0.15) is 24.5 Å². The Balaban J connectivity index is 2.05. The maximum absolute atomic E-state index is 13.8. The van der Waals surface area contributed by atoms with Crippen LogP contribution >= 0.6 is 0 Å². The van der Waals surface area contributed by atoms with E-state index in [2.05, 4.69) is 5.32 Å². The summed E-state index contributed by atoms with van der Waals surface area (Å²) in [5.41, 5.74) is 1.89. The van der Waals surface area contributed by atoms with Crippen molar-refractivity contribution in [3.8, 4) is 5.75 Å². The number of benzene rings is 3. The van der Waals surface area contributed by atoms with Crippen molar-refractivity contribution in [2.45, 2.75) is 37.8 Å². The summed E-state index contributed by atoms with van der Waals surface area (Å²) in [5.74, 6) is -1.02. The molecule has 3 rings (SSSR count). The van der Waals surface area contributed by atoms with Gasteiger partial charge in [-0.15, -0.1) is 0 Å². The van der Waals surface area contributed by atoms with Gasteiger partial charge in [0, 0.05) is 13.6 Å². The van der Waals surface area contributed by atoms with Crippen LogP contribution in [0.25, 0.3) is 0 Å². The minimum atomic E-state index is -4.25. The highest BCUT2D eigenvalue weighted by Gasteiger charge is 2.33. The fourth-order valence-corrected chi connectivity index (χ4v) is 5.52. The van der Waals surface area contributed by atoms with Crippen molar-refractivity contribution >= 4 is 27.5 Å². The standard InChI is InChI=1S/C28H32FN3O5S/c1-5-26(28(34)30-3)31(18-21-8-6-7-20(2)17-21)27(33)19-32(23-11-9-22(29)10-12-23)38(35,36)25-15-13-24(37-4)14-16-25/h6-17,26H,5,18-19H2,1-4H3,(H,30,34)/t26-/m1/s1. The van der Waals surface area contributed by atoms with Crippen molar-refractivity contribution in [2.75, 3.05) is 25.0 Å². The number of anilines is 1. The first-order valence-corrected chi connectivity index (χ1v) is 13.5. The lowest BCUT2D eigenvalue weighted by Gasteiger charge is -2.33. The lowest BCUT2D eigenvalue weighted by molar-refractivity contribution is -0.140. The third kappa shape index (κ3) is 6.69. The molecule has 0 unspecified atom stereocenters. The van der Waals surface area contributed by atoms with Gasteiger partial charge >= 0.3 is 0 Å². The normalized spacial score (nSPS) is 11.9. The van der Waals surface area contributed by atoms with Gasteiger partial charge < -0.3 is 15.0 Å². The van der Waals surface area contributed by atoms with Gasteiger partial charge in [-0.3, -0.25) is 13.9 Å². The SMILES string of the molecule is CC[C@H](C(=O)NC)N(Cc1cccc(C)c1)C(=O)CN(c1ccc(F)cc1)S(=O)(=O)c1ccc(OC)cc1. The molecule has 0 aliphatic rings. The predicted octanol–water partition coefficient (Wildman–Crippen LogP) is 3.89. The maximum atomic E-state index is 13.8. The van der Waals surface area contributed by atoms with Crippen molar-refractivity contribution in [3.05, 3.63) is 89.7 Å². The number of hydrogen-bond donors (Lipinski definition) is 1. The second-order valence-corrected chi connectivity index (χ2v) is 10.6. The van der Waals surface area contributed by atoms with E-state index in [4.69, 9.17) is 4.74 Å². The molecule has 0 saturated carbocycles. The Hall–Kier alpha value is -3.92. The number of amides is 2. The van der Waals surface area contributed by atoms with Crippen molar-refractivity contribution in [1.29, 1.82) is 0 Å². The molecule has 2 amide bonds. The number of carbonyl (C=O) groups is 2. The first-order valence-electron chi connectivity index (χ1n) is 12.1. The summed E-state index contributed by atoms with van der Waals surface area (Å²) in [5, 5.41) is 2.59. The molecular formula is C28H32FN3O5S. The number of halogens is 1. The second kappa shape index (κ2) is 12.6. The molecule has 38 heavy (non-hydrogen) atoms. The van der Waals surface area contributed by atoms with E-state index in [9.17, 15) is 22.4 Å². The fraction of sp³-hybridized carbons (Fsp3) is 0.286. The van der Waals surface area contributed by atoms with E-state index in [1.165, 1.54) is 55.5 Å². The quantitative estimate of drug-likeness (QED) is 0.397. The van der Waals surface area contributed by atoms with Crippen LogP contribution in [0, 0.1) is 12.7 Å². The van der Waals surface area contributed by atoms with Gasteiger partial charge in [0.05, 0.1) is 17.7 Å². The topological polar surface area (TPSA) is 96.0 Å². The largest absolute Gasteiger partial charge is 0.497 e. The molecular weight excluding hydrogens is 509 g/mol. The maximum Gasteiger partial charge on any atom is 0.264 e. The molecule has 0 spiro atoms. The predicted molar refractivity (Wildman–Crippen MR) is 144 cm³/mol. The molecule has 0 aliphatic carbocycles. The molecule has 1 atom stereocenters. The molecule has 0 aromatic heterocycles. The highest BCUT2D eigenvalue weighted by atomic mass is 32.2. The number of carbonyl (C=O) groups excluding carboxylic acids is 2. The molecule has 0 fully saturated rings. The Kier molecular flexibility index (Phi) is 9.46. The first kappa shape index (κ1) is 28.6. The zero-order valence-corrected chi connectivity index (χ0v) is 22.7. The summed E-state index contributed by atoms with van der Waals surface area (Å²) in [7, 11) is -1.30. The van der Waals surface area contributed by atoms with Crippen molar-refractivity contribution in [2.24, 2.45) is 0 Å². The van der Waals surface area contributed by atoms with Gasteiger partial charge in [-0.25, -0.2) is 12.8 Å². The van der Waals surface area contributed by atoms with Crippen LogP contribution in [0.4, 0.5) is 10.1 Å². The Morgan fingerprint density at radius 2 is 1.68 bits per heavy atom. The minimum Gasteiger partial charge on any atom is -0.497 e. The molecule has 0 saturated heterocycles. The number of likely N-dealkylation sites (N-methyl/N-ethyl adjacent to an activating group) is 1. The number of nitrogens with one attached hydrogen (secondary N) is 1. The van der Waals surface area contributed by atoms with Gasteiger partial charge in [-0.2, -0.15) is 0 Å². The number of aryl methyl sites for hydroxylation is 1. The molecule has 202 valence electrons. The van der Waals surface area contributed by atoms with Crippen LogP contribution in [0.3, 0.4) is 0 Å². The monoisotopic (exact) mass is 541 g/mol. The second-order valence-electron chi connectivity index (χ2n) is 8.71. The van der Waals surface area contributed by atoms with Gasteiger partial charge in [0.15, 0.2) is 0 Å². The van der Waals surface area contributed by atoms with Crippen LogP contribution in [-0.4, -0.2) is 51.9 Å². The molecule has 3 aromatic carbocycles. The van der Waals surface area contributed by atoms with Crippen molar-refractivity contribution in [1.82, 2.24) is 10.2 Å². The van der Waals surface area contributed by atoms with Gasteiger partial charge in [-0.05, 0) is 67.4 Å². The van der Waals surface area contributed by atoms with E-state index < -0.39 is 34.3 Å². The number of methoxy groups -OCH3 is 1. The molecule has 0 radical (unpaired) electrons. The van der Waals surface area contributed by atoms with Crippen LogP contribution in [0.2, 0.25) is 0 Å². The number of sulfonamides is 1. The third-order valence-electron chi connectivity index (χ3n) is 6.11. The molecule has 3 aromatic rings. The molecule has 0 heterocycles. The van der Waals surface area contributed by atoms with Crippen LogP contribution in [-0.2, 0) is 26.2 Å². The van der Waals surface area contributed by atoms with Crippen molar-refractivity contribution in [3.63, 3.8) is 0 Å². The summed E-state index contributed by atoms with van der Waals surface area (Å²) >= 11 is 0. The molecule has 1 N–H and O–H groups in total. The van der Waals surface area contributed by atoms with E-state index in [0.29, 0.717) is 12.2 Å². The summed E-state index contributed by atoms with van der Waals surface area (Å²) in [4.78, 5) is 27.9. The number of rotatable bonds is 11. The van der Waals surface area contributed by atoms with Gasteiger partial charge in [0.1, 0.15) is 24.2 Å². The molecule has 0 bridgehead atoms. The van der Waals surface area contributed by atoms with E-state index in [1.807, 2.05) is 31.2 Å². The van der Waals surface area contributed by atoms with E-state index in [0.717, 1.165) is 27.6 Å². The van der Waals surface area contributed by atoms with Gasteiger partial charge in [0.25, 0.3) is 10.0 Å². The average Bonchev–Trinajstić information content (AvgIpc) is 2.91. The highest BCUT2D eigenvalue weighted by molar-refractivity contribution is 7.92. The van der Waals surface area contributed by atoms with Gasteiger partial charge in [0.2, 0.25) is 11.8 Å². The Labute approximate surface area is 223 Å². The summed E-state index contributed by atoms with van der Waals surface area (Å²) in [6.45, 7) is 3.21. The van der Waals surface area contributed by atoms with Crippen LogP contribution < -0.4 is 14.4 Å². The van der Waals surface area contributed by atoms with Gasteiger partial charge in [-0.1, -0.05) is 36.8 Å². The minimum absolute atomic E-state index is 0.0704. The van der Waals surface area contributed by atoms with E-state index >= 15 is 0 Å². The van der Waals surface area contributed by atoms with E-state index in [-0.39, 0.29) is 23.0 Å². The Bertz CT molecular complexity index is 1360. The molecule has 10 heteroatoms. The zero-order valence-electron chi connectivity index (χ0n) is 21.8. The Morgan fingerprint density at radius 3 is 2.24 bits per heavy atom. The number of nitrogens with zero attached hydrogens (tertiary/aromatic N) is 2. The molecule has 0 aliphatic heterocycles. The third-order valence-corrected chi connectivity index (χ3v) is 7.90. The highest BCUT2D eigenvalue weighted by Crippen LogP contribution is 2.26.